The maximum Gasteiger partial charge on any atom is 0.224 e. The molecule has 2 heterocycles. The summed E-state index contributed by atoms with van der Waals surface area (Å²) < 4.78 is 11.8. The number of nitrogens with two attached hydrogens (primary N) is 1. The second kappa shape index (κ2) is 10.7. The predicted octanol–water partition coefficient (Wildman–Crippen LogP) is 6.00. The molecule has 1 aromatic carbocycles. The number of aryl methyl sites for hydroxylation is 2. The van der Waals surface area contributed by atoms with E-state index in [0.29, 0.717) is 28.7 Å². The van der Waals surface area contributed by atoms with Gasteiger partial charge in [-0.3, -0.25) is 4.98 Å². The number of ether oxygens (including phenoxy) is 2. The molecule has 0 saturated heterocycles. The number of halogens is 2. The quantitative estimate of drug-likeness (QED) is 0.282. The highest BCUT2D eigenvalue weighted by molar-refractivity contribution is 6.33. The van der Waals surface area contributed by atoms with Crippen molar-refractivity contribution in [2.45, 2.75) is 39.2 Å². The zero-order chi connectivity index (χ0) is 24.0. The molecule has 0 aliphatic carbocycles. The molecular weight excluding hydrogens is 461 g/mol. The summed E-state index contributed by atoms with van der Waals surface area (Å²) in [6.07, 6.45) is 6.31. The van der Waals surface area contributed by atoms with Crippen LogP contribution in [0.4, 0.5) is 17.2 Å². The molecule has 0 unspecified atom stereocenters. The smallest absolute Gasteiger partial charge is 0.224 e. The van der Waals surface area contributed by atoms with Crippen LogP contribution in [0.2, 0.25) is 10.3 Å². The van der Waals surface area contributed by atoms with E-state index in [0.717, 1.165) is 29.0 Å². The lowest BCUT2D eigenvalue weighted by molar-refractivity contribution is 0.0373. The average molecular weight is 488 g/mol. The predicted molar refractivity (Wildman–Crippen MR) is 133 cm³/mol. The van der Waals surface area contributed by atoms with E-state index in [1.165, 1.54) is 6.20 Å². The molecule has 2 aromatic heterocycles. The van der Waals surface area contributed by atoms with Gasteiger partial charge in [-0.05, 0) is 80.6 Å². The molecule has 7 nitrogen and oxygen atoms in total. The number of rotatable bonds is 9. The van der Waals surface area contributed by atoms with Gasteiger partial charge in [0, 0.05) is 18.1 Å². The van der Waals surface area contributed by atoms with Crippen LogP contribution in [0.15, 0.2) is 55.2 Å². The van der Waals surface area contributed by atoms with Crippen LogP contribution in [0, 0.1) is 0 Å². The fraction of sp³-hybridized carbons (Fsp3) is 0.292. The zero-order valence-electron chi connectivity index (χ0n) is 18.9. The molecule has 3 N–H and O–H groups in total. The van der Waals surface area contributed by atoms with Gasteiger partial charge < -0.3 is 20.5 Å². The minimum absolute atomic E-state index is 0.105. The number of benzene rings is 1. The van der Waals surface area contributed by atoms with Crippen molar-refractivity contribution in [3.8, 4) is 5.75 Å². The van der Waals surface area contributed by atoms with Crippen molar-refractivity contribution in [1.29, 1.82) is 0 Å². The molecule has 0 atom stereocenters. The number of nitrogen functional groups attached to an aromatic ring is 1. The van der Waals surface area contributed by atoms with E-state index in [4.69, 9.17) is 38.4 Å². The lowest BCUT2D eigenvalue weighted by atomic mass is 10.0. The zero-order valence-corrected chi connectivity index (χ0v) is 20.4. The Morgan fingerprint density at radius 2 is 1.91 bits per heavy atom. The van der Waals surface area contributed by atoms with Gasteiger partial charge >= 0.3 is 0 Å². The standard InChI is InChI=1S/C24H27Cl2N5O2/c1-15(33-24(2,3)4)14-32-21-8-7-19(30-22-20(25)13-29-23(26)31-22)10-17(21)6-5-16-9-18(27)12-28-11-16/h7-13H,1,5-6,14,27H2,2-4H3,(H,29,30,31). The molecule has 0 amide bonds. The summed E-state index contributed by atoms with van der Waals surface area (Å²) in [7, 11) is 0. The molecule has 3 rings (SSSR count). The first kappa shape index (κ1) is 24.6. The molecule has 0 aliphatic rings. The van der Waals surface area contributed by atoms with Crippen LogP contribution in [-0.4, -0.2) is 27.2 Å². The van der Waals surface area contributed by atoms with Crippen molar-refractivity contribution in [2.75, 3.05) is 17.7 Å². The number of anilines is 3. The fourth-order valence-corrected chi connectivity index (χ4v) is 3.38. The Labute approximate surface area is 204 Å². The first-order chi connectivity index (χ1) is 15.6. The van der Waals surface area contributed by atoms with Crippen LogP contribution in [0.3, 0.4) is 0 Å². The normalized spacial score (nSPS) is 11.2. The Morgan fingerprint density at radius 3 is 2.64 bits per heavy atom. The lowest BCUT2D eigenvalue weighted by Crippen LogP contribution is -2.20. The molecule has 174 valence electrons. The van der Waals surface area contributed by atoms with Gasteiger partial charge in [-0.15, -0.1) is 0 Å². The summed E-state index contributed by atoms with van der Waals surface area (Å²) in [6.45, 7) is 10.1. The van der Waals surface area contributed by atoms with Crippen molar-refractivity contribution < 1.29 is 9.47 Å². The summed E-state index contributed by atoms with van der Waals surface area (Å²) in [5.74, 6) is 1.70. The number of nitrogens with one attached hydrogen (secondary N) is 1. The largest absolute Gasteiger partial charge is 0.489 e. The van der Waals surface area contributed by atoms with Gasteiger partial charge in [0.15, 0.2) is 5.82 Å². The molecular formula is C24H27Cl2N5O2. The average Bonchev–Trinajstić information content (AvgIpc) is 2.73. The maximum atomic E-state index is 6.20. The van der Waals surface area contributed by atoms with Gasteiger partial charge in [0.05, 0.1) is 11.9 Å². The van der Waals surface area contributed by atoms with Crippen molar-refractivity contribution >= 4 is 40.4 Å². The van der Waals surface area contributed by atoms with Crippen molar-refractivity contribution in [2.24, 2.45) is 0 Å². The van der Waals surface area contributed by atoms with Crippen LogP contribution < -0.4 is 15.8 Å². The lowest BCUT2D eigenvalue weighted by Gasteiger charge is -2.23. The molecule has 3 aromatic rings. The molecule has 0 saturated carbocycles. The van der Waals surface area contributed by atoms with E-state index in [1.807, 2.05) is 45.0 Å². The fourth-order valence-electron chi connectivity index (χ4n) is 3.11. The van der Waals surface area contributed by atoms with E-state index in [-0.39, 0.29) is 17.5 Å². The summed E-state index contributed by atoms with van der Waals surface area (Å²) >= 11 is 12.1. The molecule has 0 aliphatic heterocycles. The van der Waals surface area contributed by atoms with Crippen LogP contribution >= 0.6 is 23.2 Å². The SMILES string of the molecule is C=C(COc1ccc(Nc2nc(Cl)ncc2Cl)cc1CCc1cncc(N)c1)OC(C)(C)C. The van der Waals surface area contributed by atoms with E-state index >= 15 is 0 Å². The Balaban J connectivity index is 1.81. The van der Waals surface area contributed by atoms with Gasteiger partial charge in [0.1, 0.15) is 28.7 Å². The summed E-state index contributed by atoms with van der Waals surface area (Å²) in [5, 5.41) is 3.66. The Kier molecular flexibility index (Phi) is 8.00. The number of hydrogen-bond acceptors (Lipinski definition) is 7. The van der Waals surface area contributed by atoms with Gasteiger partial charge in [0.2, 0.25) is 5.28 Å². The number of aromatic nitrogens is 3. The van der Waals surface area contributed by atoms with Crippen molar-refractivity contribution in [3.05, 3.63) is 76.6 Å². The second-order valence-electron chi connectivity index (χ2n) is 8.45. The molecule has 0 radical (unpaired) electrons. The van der Waals surface area contributed by atoms with Crippen LogP contribution in [-0.2, 0) is 17.6 Å². The van der Waals surface area contributed by atoms with E-state index in [2.05, 4.69) is 26.8 Å². The van der Waals surface area contributed by atoms with E-state index in [1.54, 1.807) is 12.4 Å². The topological polar surface area (TPSA) is 95.2 Å². The third kappa shape index (κ3) is 7.80. The number of pyridine rings is 1. The first-order valence-corrected chi connectivity index (χ1v) is 11.1. The van der Waals surface area contributed by atoms with E-state index < -0.39 is 0 Å². The second-order valence-corrected chi connectivity index (χ2v) is 9.20. The highest BCUT2D eigenvalue weighted by atomic mass is 35.5. The number of hydrogen-bond donors (Lipinski definition) is 2. The van der Waals surface area contributed by atoms with Gasteiger partial charge in [-0.25, -0.2) is 4.98 Å². The Hall–Kier alpha value is -3.03. The van der Waals surface area contributed by atoms with Crippen molar-refractivity contribution in [1.82, 2.24) is 15.0 Å². The first-order valence-electron chi connectivity index (χ1n) is 10.4. The third-order valence-electron chi connectivity index (χ3n) is 4.38. The molecule has 0 bridgehead atoms. The van der Waals surface area contributed by atoms with E-state index in [9.17, 15) is 0 Å². The molecule has 9 heteroatoms. The van der Waals surface area contributed by atoms with Gasteiger partial charge in [-0.1, -0.05) is 18.2 Å². The maximum absolute atomic E-state index is 6.20. The third-order valence-corrected chi connectivity index (χ3v) is 4.83. The Bertz CT molecular complexity index is 1130. The summed E-state index contributed by atoms with van der Waals surface area (Å²) in [6, 6.07) is 7.66. The van der Waals surface area contributed by atoms with Gasteiger partial charge in [0.25, 0.3) is 0 Å². The van der Waals surface area contributed by atoms with Crippen molar-refractivity contribution in [3.63, 3.8) is 0 Å². The molecule has 33 heavy (non-hydrogen) atoms. The number of nitrogens with zero attached hydrogens (tertiary/aromatic N) is 3. The Morgan fingerprint density at radius 1 is 1.12 bits per heavy atom. The highest BCUT2D eigenvalue weighted by Gasteiger charge is 2.14. The highest BCUT2D eigenvalue weighted by Crippen LogP contribution is 2.29. The minimum Gasteiger partial charge on any atom is -0.489 e. The van der Waals surface area contributed by atoms with Crippen LogP contribution in [0.25, 0.3) is 0 Å². The monoisotopic (exact) mass is 487 g/mol. The summed E-state index contributed by atoms with van der Waals surface area (Å²) in [5.41, 5.74) is 8.95. The van der Waals surface area contributed by atoms with Crippen LogP contribution in [0.1, 0.15) is 31.9 Å². The summed E-state index contributed by atoms with van der Waals surface area (Å²) in [4.78, 5) is 12.2. The van der Waals surface area contributed by atoms with Gasteiger partial charge in [-0.2, -0.15) is 4.98 Å². The van der Waals surface area contributed by atoms with Crippen LogP contribution in [0.5, 0.6) is 5.75 Å². The molecule has 0 fully saturated rings. The minimum atomic E-state index is -0.338. The molecule has 0 spiro atoms.